The molecule has 5 rings (SSSR count). The number of aryl methyl sites for hydroxylation is 1. The van der Waals surface area contributed by atoms with Gasteiger partial charge in [0.1, 0.15) is 17.6 Å². The average Bonchev–Trinajstić information content (AvgIpc) is 3.19. The smallest absolute Gasteiger partial charge is 0.239 e. The largest absolute Gasteiger partial charge is 0.464 e. The van der Waals surface area contributed by atoms with Crippen molar-refractivity contribution < 1.29 is 14.0 Å². The van der Waals surface area contributed by atoms with Crippen LogP contribution in [0.5, 0.6) is 0 Å². The predicted octanol–water partition coefficient (Wildman–Crippen LogP) is 5.52. The highest BCUT2D eigenvalue weighted by atomic mass is 16.3. The van der Waals surface area contributed by atoms with E-state index in [1.54, 1.807) is 0 Å². The van der Waals surface area contributed by atoms with Crippen LogP contribution in [-0.2, 0) is 16.1 Å². The van der Waals surface area contributed by atoms with Crippen molar-refractivity contribution in [1.82, 2.24) is 5.32 Å². The van der Waals surface area contributed by atoms with Gasteiger partial charge in [-0.15, -0.1) is 0 Å². The van der Waals surface area contributed by atoms with E-state index in [0.717, 1.165) is 34.8 Å². The molecule has 2 aromatic carbocycles. The van der Waals surface area contributed by atoms with Crippen molar-refractivity contribution in [3.63, 3.8) is 0 Å². The quantitative estimate of drug-likeness (QED) is 0.515. The van der Waals surface area contributed by atoms with Crippen LogP contribution >= 0.6 is 0 Å². The Bertz CT molecular complexity index is 1290. The van der Waals surface area contributed by atoms with E-state index in [9.17, 15) is 9.59 Å². The van der Waals surface area contributed by atoms with E-state index in [2.05, 4.69) is 24.5 Å². The topological polar surface area (TPSA) is 74.6 Å². The van der Waals surface area contributed by atoms with Gasteiger partial charge in [0.15, 0.2) is 5.78 Å². The summed E-state index contributed by atoms with van der Waals surface area (Å²) in [5, 5.41) is 6.60. The Morgan fingerprint density at radius 3 is 2.54 bits per heavy atom. The number of para-hydroxylation sites is 2. The molecule has 0 spiro atoms. The number of fused-ring (bicyclic) bond motifs is 1. The van der Waals surface area contributed by atoms with E-state index in [1.165, 1.54) is 0 Å². The van der Waals surface area contributed by atoms with Gasteiger partial charge in [0.25, 0.3) is 0 Å². The SMILES string of the molecule is Cc1ccc(C2C3=C(CC(C)(C)CC3=O)Nc3ccccc3N2CC(=O)NCc2ccccc2)o1. The summed E-state index contributed by atoms with van der Waals surface area (Å²) >= 11 is 0. The van der Waals surface area contributed by atoms with Crippen LogP contribution in [0.15, 0.2) is 82.4 Å². The third kappa shape index (κ3) is 4.74. The van der Waals surface area contributed by atoms with Crippen LogP contribution in [-0.4, -0.2) is 18.2 Å². The molecule has 1 aromatic heterocycles. The van der Waals surface area contributed by atoms with Crippen LogP contribution < -0.4 is 15.5 Å². The minimum absolute atomic E-state index is 0.0867. The van der Waals surface area contributed by atoms with Gasteiger partial charge in [0.05, 0.1) is 17.9 Å². The summed E-state index contributed by atoms with van der Waals surface area (Å²) in [5.41, 5.74) is 4.22. The van der Waals surface area contributed by atoms with Gasteiger partial charge in [-0.25, -0.2) is 0 Å². The van der Waals surface area contributed by atoms with Gasteiger partial charge in [0.2, 0.25) is 5.91 Å². The maximum absolute atomic E-state index is 13.6. The molecule has 35 heavy (non-hydrogen) atoms. The zero-order valence-corrected chi connectivity index (χ0v) is 20.4. The fraction of sp³-hybridized carbons (Fsp3) is 0.310. The van der Waals surface area contributed by atoms with E-state index in [-0.39, 0.29) is 23.7 Å². The van der Waals surface area contributed by atoms with Crippen LogP contribution in [0, 0.1) is 12.3 Å². The molecule has 3 aromatic rings. The number of nitrogens with zero attached hydrogens (tertiary/aromatic N) is 1. The number of hydrogen-bond donors (Lipinski definition) is 2. The van der Waals surface area contributed by atoms with Gasteiger partial charge < -0.3 is 20.0 Å². The number of allylic oxidation sites excluding steroid dienone is 1. The number of carbonyl (C=O) groups is 2. The number of furan rings is 1. The number of nitrogens with one attached hydrogen (secondary N) is 2. The van der Waals surface area contributed by atoms with Gasteiger partial charge >= 0.3 is 0 Å². The van der Waals surface area contributed by atoms with Gasteiger partial charge in [-0.2, -0.15) is 0 Å². The van der Waals surface area contributed by atoms with E-state index in [0.29, 0.717) is 24.3 Å². The number of hydrogen-bond acceptors (Lipinski definition) is 5. The van der Waals surface area contributed by atoms with Crippen molar-refractivity contribution in [2.75, 3.05) is 16.8 Å². The Hall–Kier alpha value is -3.80. The van der Waals surface area contributed by atoms with E-state index in [4.69, 9.17) is 4.42 Å². The molecule has 2 N–H and O–H groups in total. The molecule has 1 unspecified atom stereocenters. The third-order valence-electron chi connectivity index (χ3n) is 6.68. The number of benzene rings is 2. The highest BCUT2D eigenvalue weighted by Gasteiger charge is 2.43. The molecule has 6 heteroatoms. The second-order valence-electron chi connectivity index (χ2n) is 10.2. The molecule has 2 heterocycles. The maximum atomic E-state index is 13.6. The standard InChI is InChI=1S/C29H31N3O3/c1-19-13-14-25(35-19)28-27-22(15-29(2,3)16-24(27)33)31-21-11-7-8-12-23(21)32(28)18-26(34)30-17-20-9-5-4-6-10-20/h4-14,28,31H,15-18H2,1-3H3,(H,30,34). The summed E-state index contributed by atoms with van der Waals surface area (Å²) in [7, 11) is 0. The molecule has 6 nitrogen and oxygen atoms in total. The van der Waals surface area contributed by atoms with Crippen molar-refractivity contribution in [3.05, 3.63) is 95.1 Å². The first-order chi connectivity index (χ1) is 16.8. The normalized spacial score (nSPS) is 18.9. The zero-order valence-electron chi connectivity index (χ0n) is 20.4. The number of ketones is 1. The van der Waals surface area contributed by atoms with Crippen molar-refractivity contribution >= 4 is 23.1 Å². The zero-order chi connectivity index (χ0) is 24.6. The molecule has 2 aliphatic rings. The summed E-state index contributed by atoms with van der Waals surface area (Å²) in [6.45, 7) is 6.66. The van der Waals surface area contributed by atoms with Crippen LogP contribution in [0.3, 0.4) is 0 Å². The lowest BCUT2D eigenvalue weighted by Crippen LogP contribution is -2.41. The molecular weight excluding hydrogens is 438 g/mol. The highest BCUT2D eigenvalue weighted by molar-refractivity contribution is 6.01. The Balaban J connectivity index is 1.56. The second-order valence-corrected chi connectivity index (χ2v) is 10.2. The first-order valence-electron chi connectivity index (χ1n) is 12.1. The van der Waals surface area contributed by atoms with Crippen molar-refractivity contribution in [1.29, 1.82) is 0 Å². The maximum Gasteiger partial charge on any atom is 0.239 e. The fourth-order valence-electron chi connectivity index (χ4n) is 5.13. The molecule has 180 valence electrons. The van der Waals surface area contributed by atoms with Crippen molar-refractivity contribution in [3.8, 4) is 0 Å². The minimum Gasteiger partial charge on any atom is -0.464 e. The number of rotatable bonds is 5. The summed E-state index contributed by atoms with van der Waals surface area (Å²) < 4.78 is 6.10. The monoisotopic (exact) mass is 469 g/mol. The Morgan fingerprint density at radius 2 is 1.80 bits per heavy atom. The van der Waals surface area contributed by atoms with Crippen LogP contribution in [0.4, 0.5) is 11.4 Å². The lowest BCUT2D eigenvalue weighted by atomic mass is 9.74. The lowest BCUT2D eigenvalue weighted by molar-refractivity contribution is -0.121. The molecule has 0 fully saturated rings. The molecule has 1 atom stereocenters. The van der Waals surface area contributed by atoms with Gasteiger partial charge in [0, 0.05) is 24.2 Å². The summed E-state index contributed by atoms with van der Waals surface area (Å²) in [6, 6.07) is 21.1. The second kappa shape index (κ2) is 9.10. The number of anilines is 2. The third-order valence-corrected chi connectivity index (χ3v) is 6.68. The fourth-order valence-corrected chi connectivity index (χ4v) is 5.13. The number of Topliss-reactive ketones (excluding diaryl/α,β-unsaturated/α-hetero) is 1. The van der Waals surface area contributed by atoms with E-state index >= 15 is 0 Å². The minimum atomic E-state index is -0.499. The highest BCUT2D eigenvalue weighted by Crippen LogP contribution is 2.48. The molecular formula is C29H31N3O3. The summed E-state index contributed by atoms with van der Waals surface area (Å²) in [5.74, 6) is 1.40. The lowest BCUT2D eigenvalue weighted by Gasteiger charge is -2.36. The number of amides is 1. The molecule has 1 aliphatic heterocycles. The Morgan fingerprint density at radius 1 is 1.06 bits per heavy atom. The predicted molar refractivity (Wildman–Crippen MR) is 137 cm³/mol. The molecule has 1 amide bonds. The Labute approximate surface area is 206 Å². The summed E-state index contributed by atoms with van der Waals surface area (Å²) in [6.07, 6.45) is 1.20. The van der Waals surface area contributed by atoms with Crippen molar-refractivity contribution in [2.45, 2.75) is 46.2 Å². The Kier molecular flexibility index (Phi) is 5.97. The molecule has 0 bridgehead atoms. The van der Waals surface area contributed by atoms with Gasteiger partial charge in [-0.05, 0) is 48.6 Å². The summed E-state index contributed by atoms with van der Waals surface area (Å²) in [4.78, 5) is 28.8. The van der Waals surface area contributed by atoms with Crippen LogP contribution in [0.1, 0.15) is 49.8 Å². The molecule has 0 saturated heterocycles. The van der Waals surface area contributed by atoms with E-state index < -0.39 is 6.04 Å². The molecule has 1 aliphatic carbocycles. The van der Waals surface area contributed by atoms with Gasteiger partial charge in [-0.1, -0.05) is 56.3 Å². The van der Waals surface area contributed by atoms with Gasteiger partial charge in [-0.3, -0.25) is 9.59 Å². The molecule has 0 saturated carbocycles. The average molecular weight is 470 g/mol. The van der Waals surface area contributed by atoms with E-state index in [1.807, 2.05) is 78.6 Å². The number of carbonyl (C=O) groups excluding carboxylic acids is 2. The van der Waals surface area contributed by atoms with Crippen LogP contribution in [0.2, 0.25) is 0 Å². The van der Waals surface area contributed by atoms with Crippen molar-refractivity contribution in [2.24, 2.45) is 5.41 Å². The first kappa shape index (κ1) is 23.0. The molecule has 0 radical (unpaired) electrons. The van der Waals surface area contributed by atoms with Crippen LogP contribution in [0.25, 0.3) is 0 Å². The first-order valence-corrected chi connectivity index (χ1v) is 12.1.